The molecule has 23 heavy (non-hydrogen) atoms. The summed E-state index contributed by atoms with van der Waals surface area (Å²) in [6.07, 6.45) is 4.96. The van der Waals surface area contributed by atoms with E-state index in [1.165, 1.54) is 10.4 Å². The first-order chi connectivity index (χ1) is 11.0. The Morgan fingerprint density at radius 2 is 1.57 bits per heavy atom. The average Bonchev–Trinajstić information content (AvgIpc) is 3.10. The fourth-order valence-electron chi connectivity index (χ4n) is 3.17. The summed E-state index contributed by atoms with van der Waals surface area (Å²) in [5.41, 5.74) is 0.437. The van der Waals surface area contributed by atoms with E-state index < -0.39 is 10.0 Å². The third kappa shape index (κ3) is 3.46. The topological polar surface area (TPSA) is 57.7 Å². The van der Waals surface area contributed by atoms with Crippen LogP contribution in [0.25, 0.3) is 0 Å². The van der Waals surface area contributed by atoms with Crippen molar-refractivity contribution in [1.82, 2.24) is 9.21 Å². The van der Waals surface area contributed by atoms with Gasteiger partial charge < -0.3 is 4.90 Å². The number of hydrogen-bond acceptors (Lipinski definition) is 3. The number of nitrogens with zero attached hydrogens (tertiary/aromatic N) is 2. The molecule has 0 atom stereocenters. The van der Waals surface area contributed by atoms with Crippen molar-refractivity contribution < 1.29 is 13.2 Å². The van der Waals surface area contributed by atoms with Crippen LogP contribution in [-0.2, 0) is 10.0 Å². The molecular weight excluding hydrogens is 380 g/mol. The molecule has 0 saturated carbocycles. The van der Waals surface area contributed by atoms with Crippen molar-refractivity contribution in [3.05, 3.63) is 28.2 Å². The number of hydrogen-bond donors (Lipinski definition) is 0. The summed E-state index contributed by atoms with van der Waals surface area (Å²) >= 11 is 3.39. The second-order valence-corrected chi connectivity index (χ2v) is 8.90. The first-order valence-electron chi connectivity index (χ1n) is 8.09. The normalized spacial score (nSPS) is 20.0. The number of carbonyl (C=O) groups is 1. The van der Waals surface area contributed by atoms with Gasteiger partial charge in [0.05, 0.1) is 10.5 Å². The summed E-state index contributed by atoms with van der Waals surface area (Å²) in [6.45, 7) is 2.62. The maximum atomic E-state index is 12.7. The van der Waals surface area contributed by atoms with Crippen LogP contribution in [0.3, 0.4) is 0 Å². The minimum Gasteiger partial charge on any atom is -0.339 e. The highest BCUT2D eigenvalue weighted by Crippen LogP contribution is 2.27. The quantitative estimate of drug-likeness (QED) is 0.783. The summed E-state index contributed by atoms with van der Waals surface area (Å²) in [4.78, 5) is 14.7. The van der Waals surface area contributed by atoms with E-state index >= 15 is 0 Å². The van der Waals surface area contributed by atoms with Gasteiger partial charge in [0.15, 0.2) is 0 Å². The molecule has 0 unspecified atom stereocenters. The zero-order valence-electron chi connectivity index (χ0n) is 13.0. The summed E-state index contributed by atoms with van der Waals surface area (Å²) in [6, 6.07) is 4.76. The van der Waals surface area contributed by atoms with Gasteiger partial charge in [-0.25, -0.2) is 8.42 Å². The Hall–Kier alpha value is -0.920. The highest BCUT2D eigenvalue weighted by Gasteiger charge is 2.29. The largest absolute Gasteiger partial charge is 0.339 e. The zero-order chi connectivity index (χ0) is 16.4. The number of benzene rings is 1. The van der Waals surface area contributed by atoms with Crippen LogP contribution < -0.4 is 0 Å². The lowest BCUT2D eigenvalue weighted by molar-refractivity contribution is 0.0723. The lowest BCUT2D eigenvalue weighted by Crippen LogP contribution is -2.36. The van der Waals surface area contributed by atoms with Crippen LogP contribution in [0.15, 0.2) is 27.6 Å². The van der Waals surface area contributed by atoms with Gasteiger partial charge in [-0.2, -0.15) is 4.31 Å². The van der Waals surface area contributed by atoms with Crippen LogP contribution in [-0.4, -0.2) is 49.7 Å². The fraction of sp³-hybridized carbons (Fsp3) is 0.562. The highest BCUT2D eigenvalue weighted by molar-refractivity contribution is 9.10. The van der Waals surface area contributed by atoms with Crippen molar-refractivity contribution in [2.45, 2.75) is 37.0 Å². The number of likely N-dealkylation sites (tertiary alicyclic amines) is 1. The second-order valence-electron chi connectivity index (χ2n) is 6.11. The van der Waals surface area contributed by atoms with Crippen LogP contribution in [0.5, 0.6) is 0 Å². The predicted molar refractivity (Wildman–Crippen MR) is 91.9 cm³/mol. The van der Waals surface area contributed by atoms with Gasteiger partial charge in [0.25, 0.3) is 5.91 Å². The summed E-state index contributed by atoms with van der Waals surface area (Å²) in [7, 11) is -3.50. The van der Waals surface area contributed by atoms with Crippen LogP contribution in [0.1, 0.15) is 42.5 Å². The van der Waals surface area contributed by atoms with Gasteiger partial charge >= 0.3 is 0 Å². The molecule has 5 nitrogen and oxygen atoms in total. The molecule has 1 aromatic rings. The van der Waals surface area contributed by atoms with E-state index in [9.17, 15) is 13.2 Å². The van der Waals surface area contributed by atoms with E-state index in [0.717, 1.165) is 45.2 Å². The number of piperidine rings is 1. The molecule has 0 aromatic heterocycles. The first kappa shape index (κ1) is 16.9. The summed E-state index contributed by atoms with van der Waals surface area (Å²) < 4.78 is 27.5. The molecule has 3 rings (SSSR count). The number of amides is 1. The SMILES string of the molecule is O=C(c1cc(S(=O)(=O)N2CCCC2)ccc1Br)N1CCCCC1. The second kappa shape index (κ2) is 6.91. The smallest absolute Gasteiger partial charge is 0.255 e. The monoisotopic (exact) mass is 400 g/mol. The molecule has 1 amide bonds. The van der Waals surface area contributed by atoms with E-state index in [1.807, 2.05) is 4.90 Å². The van der Waals surface area contributed by atoms with Crippen molar-refractivity contribution in [2.75, 3.05) is 26.2 Å². The minimum absolute atomic E-state index is 0.0879. The molecule has 126 valence electrons. The standard InChI is InChI=1S/C16H21BrN2O3S/c17-15-7-6-13(23(21,22)19-10-4-5-11-19)12-14(15)16(20)18-8-2-1-3-9-18/h6-7,12H,1-5,8-11H2. The predicted octanol–water partition coefficient (Wildman–Crippen LogP) is 2.86. The van der Waals surface area contributed by atoms with Crippen molar-refractivity contribution in [3.8, 4) is 0 Å². The number of rotatable bonds is 3. The molecule has 0 N–H and O–H groups in total. The van der Waals surface area contributed by atoms with E-state index in [4.69, 9.17) is 0 Å². The maximum Gasteiger partial charge on any atom is 0.255 e. The van der Waals surface area contributed by atoms with Crippen molar-refractivity contribution in [2.24, 2.45) is 0 Å². The fourth-order valence-corrected chi connectivity index (χ4v) is 5.13. The van der Waals surface area contributed by atoms with Gasteiger partial charge in [-0.3, -0.25) is 4.79 Å². The lowest BCUT2D eigenvalue weighted by Gasteiger charge is -2.27. The average molecular weight is 401 g/mol. The van der Waals surface area contributed by atoms with E-state index in [2.05, 4.69) is 15.9 Å². The number of carbonyl (C=O) groups excluding carboxylic acids is 1. The first-order valence-corrected chi connectivity index (χ1v) is 10.3. The van der Waals surface area contributed by atoms with E-state index in [1.54, 1.807) is 12.1 Å². The Morgan fingerprint density at radius 3 is 2.22 bits per heavy atom. The van der Waals surface area contributed by atoms with Crippen molar-refractivity contribution in [3.63, 3.8) is 0 Å². The van der Waals surface area contributed by atoms with Gasteiger partial charge in [-0.05, 0) is 66.2 Å². The molecule has 2 saturated heterocycles. The highest BCUT2D eigenvalue weighted by atomic mass is 79.9. The number of halogens is 1. The van der Waals surface area contributed by atoms with Crippen LogP contribution in [0.2, 0.25) is 0 Å². The van der Waals surface area contributed by atoms with Gasteiger partial charge in [0.1, 0.15) is 0 Å². The lowest BCUT2D eigenvalue weighted by atomic mass is 10.1. The van der Waals surface area contributed by atoms with E-state index in [-0.39, 0.29) is 10.8 Å². The molecule has 0 radical (unpaired) electrons. The molecule has 2 aliphatic heterocycles. The summed E-state index contributed by atoms with van der Waals surface area (Å²) in [5, 5.41) is 0. The molecule has 2 heterocycles. The van der Waals surface area contributed by atoms with Gasteiger partial charge in [0.2, 0.25) is 10.0 Å². The molecule has 2 fully saturated rings. The van der Waals surface area contributed by atoms with Gasteiger partial charge in [-0.1, -0.05) is 0 Å². The molecule has 0 spiro atoms. The third-order valence-electron chi connectivity index (χ3n) is 4.51. The maximum absolute atomic E-state index is 12.7. The molecule has 7 heteroatoms. The zero-order valence-corrected chi connectivity index (χ0v) is 15.4. The van der Waals surface area contributed by atoms with E-state index in [0.29, 0.717) is 23.1 Å². The third-order valence-corrected chi connectivity index (χ3v) is 7.10. The molecule has 0 aliphatic carbocycles. The van der Waals surface area contributed by atoms with Crippen LogP contribution in [0.4, 0.5) is 0 Å². The van der Waals surface area contributed by atoms with Crippen LogP contribution >= 0.6 is 15.9 Å². The number of sulfonamides is 1. The Labute approximate surface area is 145 Å². The molecule has 2 aliphatic rings. The molecule has 1 aromatic carbocycles. The molecular formula is C16H21BrN2O3S. The van der Waals surface area contributed by atoms with Gasteiger partial charge in [0, 0.05) is 30.7 Å². The van der Waals surface area contributed by atoms with Crippen molar-refractivity contribution in [1.29, 1.82) is 0 Å². The Balaban J connectivity index is 1.91. The minimum atomic E-state index is -3.50. The van der Waals surface area contributed by atoms with Gasteiger partial charge in [-0.15, -0.1) is 0 Å². The Bertz CT molecular complexity index is 693. The Kier molecular flexibility index (Phi) is 5.08. The Morgan fingerprint density at radius 1 is 0.957 bits per heavy atom. The van der Waals surface area contributed by atoms with Crippen LogP contribution in [0, 0.1) is 0 Å². The summed E-state index contributed by atoms with van der Waals surface area (Å²) in [5.74, 6) is -0.0879. The van der Waals surface area contributed by atoms with Crippen molar-refractivity contribution >= 4 is 31.9 Å². The molecule has 0 bridgehead atoms.